The zero-order valence-corrected chi connectivity index (χ0v) is 12.6. The number of rotatable bonds is 3. The van der Waals surface area contributed by atoms with Gasteiger partial charge in [-0.3, -0.25) is 4.79 Å². The maximum absolute atomic E-state index is 12.2. The topological polar surface area (TPSA) is 57.8 Å². The molecular weight excluding hydrogens is 294 g/mol. The van der Waals surface area contributed by atoms with Gasteiger partial charge >= 0.3 is 0 Å². The van der Waals surface area contributed by atoms with Crippen molar-refractivity contribution < 1.29 is 4.79 Å². The lowest BCUT2D eigenvalue weighted by Crippen LogP contribution is -2.28. The first-order valence-electron chi connectivity index (χ1n) is 6.74. The molecule has 0 unspecified atom stereocenters. The molecular formula is C14H16ClN3OS. The first-order chi connectivity index (χ1) is 9.72. The molecule has 0 bridgehead atoms. The summed E-state index contributed by atoms with van der Waals surface area (Å²) in [6, 6.07) is 3.58. The maximum atomic E-state index is 12.2. The van der Waals surface area contributed by atoms with E-state index in [0.29, 0.717) is 16.8 Å². The average molecular weight is 310 g/mol. The van der Waals surface area contributed by atoms with Crippen molar-refractivity contribution in [3.05, 3.63) is 29.2 Å². The number of aromatic nitrogens is 2. The Hall–Kier alpha value is -1.04. The smallest absolute Gasteiger partial charge is 0.235 e. The van der Waals surface area contributed by atoms with Crippen LogP contribution in [-0.2, 0) is 0 Å². The zero-order valence-electron chi connectivity index (χ0n) is 11.0. The van der Waals surface area contributed by atoms with Crippen LogP contribution < -0.4 is 5.32 Å². The molecule has 3 rings (SSSR count). The van der Waals surface area contributed by atoms with Gasteiger partial charge in [-0.25, -0.2) is 4.98 Å². The Kier molecular flexibility index (Phi) is 4.29. The summed E-state index contributed by atoms with van der Waals surface area (Å²) in [5.74, 6) is 1.54. The molecule has 6 heteroatoms. The van der Waals surface area contributed by atoms with E-state index in [1.54, 1.807) is 12.3 Å². The standard InChI is InChI=1S/C14H16ClN3OS/c15-13-6-11-10(7-17-13)5-12(18-11)14(19)20-8-9-1-3-16-4-2-9/h5-7,9,16,18H,1-4,8H2. The highest BCUT2D eigenvalue weighted by Gasteiger charge is 2.17. The number of carbonyl (C=O) groups excluding carboxylic acids is 1. The number of hydrogen-bond acceptors (Lipinski definition) is 4. The van der Waals surface area contributed by atoms with Crippen LogP contribution in [0, 0.1) is 5.92 Å². The van der Waals surface area contributed by atoms with Crippen LogP contribution in [0.4, 0.5) is 0 Å². The molecule has 2 N–H and O–H groups in total. The van der Waals surface area contributed by atoms with Crippen LogP contribution in [0.3, 0.4) is 0 Å². The molecule has 1 fully saturated rings. The molecule has 1 aliphatic heterocycles. The minimum atomic E-state index is 0.0934. The fourth-order valence-corrected chi connectivity index (χ4v) is 3.57. The molecule has 20 heavy (non-hydrogen) atoms. The fraction of sp³-hybridized carbons (Fsp3) is 0.429. The molecule has 1 aliphatic rings. The van der Waals surface area contributed by atoms with Crippen molar-refractivity contribution in [2.75, 3.05) is 18.8 Å². The van der Waals surface area contributed by atoms with Crippen molar-refractivity contribution in [2.45, 2.75) is 12.8 Å². The van der Waals surface area contributed by atoms with Crippen LogP contribution in [0.2, 0.25) is 5.15 Å². The monoisotopic (exact) mass is 309 g/mol. The molecule has 2 aromatic heterocycles. The van der Waals surface area contributed by atoms with Gasteiger partial charge in [-0.2, -0.15) is 0 Å². The molecule has 0 radical (unpaired) electrons. The number of piperidine rings is 1. The second kappa shape index (κ2) is 6.16. The first-order valence-corrected chi connectivity index (χ1v) is 8.11. The Labute approximate surface area is 126 Å². The molecule has 2 aromatic rings. The largest absolute Gasteiger partial charge is 0.351 e. The SMILES string of the molecule is O=C(SCC1CCNCC1)c1cc2cnc(Cl)cc2[nH]1. The number of nitrogens with zero attached hydrogens (tertiary/aromatic N) is 1. The van der Waals surface area contributed by atoms with E-state index in [-0.39, 0.29) is 5.12 Å². The lowest BCUT2D eigenvalue weighted by atomic mass is 10.0. The number of halogens is 1. The number of thioether (sulfide) groups is 1. The van der Waals surface area contributed by atoms with E-state index < -0.39 is 0 Å². The van der Waals surface area contributed by atoms with Gasteiger partial charge in [-0.15, -0.1) is 0 Å². The second-order valence-electron chi connectivity index (χ2n) is 5.07. The van der Waals surface area contributed by atoms with Crippen molar-refractivity contribution in [1.29, 1.82) is 0 Å². The van der Waals surface area contributed by atoms with Gasteiger partial charge in [0.05, 0.1) is 11.2 Å². The van der Waals surface area contributed by atoms with E-state index in [0.717, 1.165) is 42.6 Å². The van der Waals surface area contributed by atoms with Crippen molar-refractivity contribution in [1.82, 2.24) is 15.3 Å². The molecule has 106 valence electrons. The third-order valence-electron chi connectivity index (χ3n) is 3.60. The lowest BCUT2D eigenvalue weighted by molar-refractivity contribution is 0.108. The van der Waals surface area contributed by atoms with Gasteiger partial charge in [0.2, 0.25) is 5.12 Å². The van der Waals surface area contributed by atoms with Crippen molar-refractivity contribution >= 4 is 39.4 Å². The summed E-state index contributed by atoms with van der Waals surface area (Å²) in [7, 11) is 0. The summed E-state index contributed by atoms with van der Waals surface area (Å²) < 4.78 is 0. The predicted octanol–water partition coefficient (Wildman–Crippen LogP) is 3.09. The van der Waals surface area contributed by atoms with Crippen molar-refractivity contribution in [3.63, 3.8) is 0 Å². The summed E-state index contributed by atoms with van der Waals surface area (Å²) in [5, 5.41) is 4.78. The number of pyridine rings is 1. The highest BCUT2D eigenvalue weighted by Crippen LogP contribution is 2.23. The molecule has 4 nitrogen and oxygen atoms in total. The van der Waals surface area contributed by atoms with Crippen LogP contribution in [0.15, 0.2) is 18.3 Å². The molecule has 3 heterocycles. The molecule has 0 atom stereocenters. The van der Waals surface area contributed by atoms with Crippen molar-refractivity contribution in [3.8, 4) is 0 Å². The van der Waals surface area contributed by atoms with Gasteiger partial charge in [0.1, 0.15) is 5.15 Å². The van der Waals surface area contributed by atoms with Gasteiger partial charge in [-0.05, 0) is 44.0 Å². The third kappa shape index (κ3) is 3.16. The summed E-state index contributed by atoms with van der Waals surface area (Å²) in [6.45, 7) is 2.13. The van der Waals surface area contributed by atoms with Crippen molar-refractivity contribution in [2.24, 2.45) is 5.92 Å². The van der Waals surface area contributed by atoms with Crippen LogP contribution in [0.1, 0.15) is 23.3 Å². The van der Waals surface area contributed by atoms with E-state index in [9.17, 15) is 4.79 Å². The van der Waals surface area contributed by atoms with Crippen LogP contribution in [-0.4, -0.2) is 33.9 Å². The molecule has 1 saturated heterocycles. The average Bonchev–Trinajstić information content (AvgIpc) is 2.89. The quantitative estimate of drug-likeness (QED) is 0.856. The number of aromatic amines is 1. The number of H-pyrrole nitrogens is 1. The Morgan fingerprint density at radius 1 is 1.40 bits per heavy atom. The fourth-order valence-electron chi connectivity index (χ4n) is 2.43. The Balaban J connectivity index is 1.65. The van der Waals surface area contributed by atoms with Gasteiger partial charge in [0.15, 0.2) is 0 Å². The van der Waals surface area contributed by atoms with E-state index in [2.05, 4.69) is 15.3 Å². The highest BCUT2D eigenvalue weighted by atomic mass is 35.5. The third-order valence-corrected chi connectivity index (χ3v) is 4.93. The molecule has 0 aliphatic carbocycles. The van der Waals surface area contributed by atoms with E-state index in [1.165, 1.54) is 11.8 Å². The van der Waals surface area contributed by atoms with E-state index in [1.807, 2.05) is 6.07 Å². The van der Waals surface area contributed by atoms with Gasteiger partial charge in [-0.1, -0.05) is 23.4 Å². The molecule has 0 amide bonds. The van der Waals surface area contributed by atoms with E-state index in [4.69, 9.17) is 11.6 Å². The van der Waals surface area contributed by atoms with Crippen LogP contribution in [0.5, 0.6) is 0 Å². The van der Waals surface area contributed by atoms with Gasteiger partial charge in [0.25, 0.3) is 0 Å². The molecule has 0 aromatic carbocycles. The molecule has 0 saturated carbocycles. The summed E-state index contributed by atoms with van der Waals surface area (Å²) in [6.07, 6.45) is 4.00. The number of carbonyl (C=O) groups is 1. The number of fused-ring (bicyclic) bond motifs is 1. The lowest BCUT2D eigenvalue weighted by Gasteiger charge is -2.21. The van der Waals surface area contributed by atoms with Crippen LogP contribution >= 0.6 is 23.4 Å². The maximum Gasteiger partial charge on any atom is 0.235 e. The molecule has 0 spiro atoms. The van der Waals surface area contributed by atoms with Crippen LogP contribution in [0.25, 0.3) is 10.9 Å². The Morgan fingerprint density at radius 2 is 2.20 bits per heavy atom. The number of hydrogen-bond donors (Lipinski definition) is 2. The minimum absolute atomic E-state index is 0.0934. The zero-order chi connectivity index (χ0) is 13.9. The second-order valence-corrected chi connectivity index (χ2v) is 6.45. The highest BCUT2D eigenvalue weighted by molar-refractivity contribution is 8.14. The summed E-state index contributed by atoms with van der Waals surface area (Å²) >= 11 is 7.25. The summed E-state index contributed by atoms with van der Waals surface area (Å²) in [5.41, 5.74) is 1.49. The summed E-state index contributed by atoms with van der Waals surface area (Å²) in [4.78, 5) is 19.3. The minimum Gasteiger partial charge on any atom is -0.351 e. The normalized spacial score (nSPS) is 16.6. The van der Waals surface area contributed by atoms with E-state index >= 15 is 0 Å². The predicted molar refractivity (Wildman–Crippen MR) is 83.5 cm³/mol. The first kappa shape index (κ1) is 13.9. The van der Waals surface area contributed by atoms with Gasteiger partial charge < -0.3 is 10.3 Å². The Morgan fingerprint density at radius 3 is 3.00 bits per heavy atom. The number of nitrogens with one attached hydrogen (secondary N) is 2. The van der Waals surface area contributed by atoms with Gasteiger partial charge in [0, 0.05) is 17.3 Å². The Bertz CT molecular complexity index is 622.